The van der Waals surface area contributed by atoms with Gasteiger partial charge in [-0.15, -0.1) is 0 Å². The number of nitrogens with zero attached hydrogens (tertiary/aromatic N) is 1. The Bertz CT molecular complexity index is 597. The predicted molar refractivity (Wildman–Crippen MR) is 92.9 cm³/mol. The molecule has 6 heteroatoms. The first-order chi connectivity index (χ1) is 12.1. The molecular weight excluding hydrogens is 320 g/mol. The number of benzene rings is 1. The lowest BCUT2D eigenvalue weighted by molar-refractivity contribution is -0.145. The van der Waals surface area contributed by atoms with Gasteiger partial charge < -0.3 is 19.7 Å². The Morgan fingerprint density at radius 1 is 1.20 bits per heavy atom. The van der Waals surface area contributed by atoms with Crippen LogP contribution < -0.4 is 5.32 Å². The Hall–Kier alpha value is -2.08. The molecule has 2 saturated heterocycles. The van der Waals surface area contributed by atoms with Crippen LogP contribution in [0.1, 0.15) is 31.7 Å². The van der Waals surface area contributed by atoms with Gasteiger partial charge in [-0.1, -0.05) is 30.3 Å². The molecule has 1 amide bonds. The van der Waals surface area contributed by atoms with Gasteiger partial charge in [-0.2, -0.15) is 0 Å². The van der Waals surface area contributed by atoms with Crippen molar-refractivity contribution in [3.63, 3.8) is 0 Å². The molecule has 1 aromatic carbocycles. The molecule has 2 heterocycles. The van der Waals surface area contributed by atoms with Crippen LogP contribution in [-0.4, -0.2) is 49.2 Å². The standard InChI is InChI=1S/C19H26N2O4/c1-2-24-17(22)16-12-19(14-20-16)8-10-21(11-9-19)18(23)25-13-15-6-4-3-5-7-15/h3-7,16,20H,2,8-14H2,1H3. The molecule has 2 aliphatic rings. The summed E-state index contributed by atoms with van der Waals surface area (Å²) in [5.41, 5.74) is 1.08. The van der Waals surface area contributed by atoms with E-state index >= 15 is 0 Å². The second-order valence-electron chi connectivity index (χ2n) is 6.92. The Labute approximate surface area is 148 Å². The molecule has 25 heavy (non-hydrogen) atoms. The smallest absolute Gasteiger partial charge is 0.410 e. The van der Waals surface area contributed by atoms with E-state index in [9.17, 15) is 9.59 Å². The van der Waals surface area contributed by atoms with Crippen LogP contribution in [0.15, 0.2) is 30.3 Å². The van der Waals surface area contributed by atoms with Crippen molar-refractivity contribution in [2.75, 3.05) is 26.2 Å². The quantitative estimate of drug-likeness (QED) is 0.848. The Balaban J connectivity index is 1.45. The van der Waals surface area contributed by atoms with Crippen molar-refractivity contribution in [2.24, 2.45) is 5.41 Å². The monoisotopic (exact) mass is 346 g/mol. The lowest BCUT2D eigenvalue weighted by Crippen LogP contribution is -2.44. The third-order valence-electron chi connectivity index (χ3n) is 5.22. The molecule has 0 aliphatic carbocycles. The van der Waals surface area contributed by atoms with E-state index in [2.05, 4.69) is 5.32 Å². The van der Waals surface area contributed by atoms with Crippen LogP contribution in [0, 0.1) is 5.41 Å². The maximum atomic E-state index is 12.2. The van der Waals surface area contributed by atoms with Crippen LogP contribution >= 0.6 is 0 Å². The summed E-state index contributed by atoms with van der Waals surface area (Å²) in [7, 11) is 0. The zero-order valence-electron chi connectivity index (χ0n) is 14.7. The highest BCUT2D eigenvalue weighted by Crippen LogP contribution is 2.39. The van der Waals surface area contributed by atoms with Gasteiger partial charge in [0.15, 0.2) is 0 Å². The average molecular weight is 346 g/mol. The highest BCUT2D eigenvalue weighted by Gasteiger charge is 2.44. The second-order valence-corrected chi connectivity index (χ2v) is 6.92. The molecular formula is C19H26N2O4. The maximum Gasteiger partial charge on any atom is 0.410 e. The number of piperidine rings is 1. The summed E-state index contributed by atoms with van der Waals surface area (Å²) in [6, 6.07) is 9.48. The van der Waals surface area contributed by atoms with E-state index in [-0.39, 0.29) is 23.5 Å². The van der Waals surface area contributed by atoms with Gasteiger partial charge in [0.1, 0.15) is 12.6 Å². The molecule has 6 nitrogen and oxygen atoms in total. The zero-order valence-corrected chi connectivity index (χ0v) is 14.7. The van der Waals surface area contributed by atoms with E-state index in [1.165, 1.54) is 0 Å². The molecule has 3 rings (SSSR count). The molecule has 136 valence electrons. The summed E-state index contributed by atoms with van der Waals surface area (Å²) < 4.78 is 10.5. The Morgan fingerprint density at radius 2 is 1.92 bits per heavy atom. The minimum Gasteiger partial charge on any atom is -0.465 e. The molecule has 1 atom stereocenters. The first-order valence-electron chi connectivity index (χ1n) is 8.97. The molecule has 2 fully saturated rings. The number of esters is 1. The SMILES string of the molecule is CCOC(=O)C1CC2(CCN(C(=O)OCc3ccccc3)CC2)CN1. The van der Waals surface area contributed by atoms with Crippen molar-refractivity contribution in [1.82, 2.24) is 10.2 Å². The summed E-state index contributed by atoms with van der Waals surface area (Å²) in [6.45, 7) is 4.68. The van der Waals surface area contributed by atoms with E-state index in [0.29, 0.717) is 26.3 Å². The third-order valence-corrected chi connectivity index (χ3v) is 5.22. The first kappa shape index (κ1) is 17.7. The van der Waals surface area contributed by atoms with Crippen molar-refractivity contribution in [3.05, 3.63) is 35.9 Å². The van der Waals surface area contributed by atoms with Crippen molar-refractivity contribution in [3.8, 4) is 0 Å². The number of rotatable bonds is 4. The minimum absolute atomic E-state index is 0.0909. The maximum absolute atomic E-state index is 12.2. The first-order valence-corrected chi connectivity index (χ1v) is 8.97. The Morgan fingerprint density at radius 3 is 2.60 bits per heavy atom. The van der Waals surface area contributed by atoms with Gasteiger partial charge in [-0.05, 0) is 37.2 Å². The number of hydrogen-bond donors (Lipinski definition) is 1. The van der Waals surface area contributed by atoms with E-state index in [1.54, 1.807) is 4.90 Å². The van der Waals surface area contributed by atoms with Crippen LogP contribution in [0.4, 0.5) is 4.79 Å². The number of amides is 1. The largest absolute Gasteiger partial charge is 0.465 e. The summed E-state index contributed by atoms with van der Waals surface area (Å²) in [6.07, 6.45) is 2.30. The number of hydrogen-bond acceptors (Lipinski definition) is 5. The fourth-order valence-electron chi connectivity index (χ4n) is 3.68. The lowest BCUT2D eigenvalue weighted by Gasteiger charge is -2.38. The number of ether oxygens (including phenoxy) is 2. The highest BCUT2D eigenvalue weighted by molar-refractivity contribution is 5.76. The van der Waals surface area contributed by atoms with E-state index < -0.39 is 0 Å². The number of carbonyl (C=O) groups is 2. The average Bonchev–Trinajstić information content (AvgIpc) is 3.05. The molecule has 1 unspecified atom stereocenters. The van der Waals surface area contributed by atoms with Gasteiger partial charge in [0.2, 0.25) is 0 Å². The van der Waals surface area contributed by atoms with E-state index in [1.807, 2.05) is 37.3 Å². The van der Waals surface area contributed by atoms with E-state index in [4.69, 9.17) is 9.47 Å². The topological polar surface area (TPSA) is 67.9 Å². The van der Waals surface area contributed by atoms with Crippen LogP contribution in [0.2, 0.25) is 0 Å². The van der Waals surface area contributed by atoms with Crippen LogP contribution in [-0.2, 0) is 20.9 Å². The van der Waals surface area contributed by atoms with Gasteiger partial charge in [0, 0.05) is 19.6 Å². The van der Waals surface area contributed by atoms with Gasteiger partial charge in [0.05, 0.1) is 6.61 Å². The number of likely N-dealkylation sites (tertiary alicyclic amines) is 1. The van der Waals surface area contributed by atoms with Crippen molar-refractivity contribution in [2.45, 2.75) is 38.8 Å². The Kier molecular flexibility index (Phi) is 5.58. The van der Waals surface area contributed by atoms with Gasteiger partial charge in [0.25, 0.3) is 0 Å². The molecule has 0 saturated carbocycles. The molecule has 0 aromatic heterocycles. The molecule has 1 aromatic rings. The summed E-state index contributed by atoms with van der Waals surface area (Å²) in [5.74, 6) is -0.163. The summed E-state index contributed by atoms with van der Waals surface area (Å²) in [5, 5.41) is 3.28. The van der Waals surface area contributed by atoms with Crippen molar-refractivity contribution in [1.29, 1.82) is 0 Å². The fourth-order valence-corrected chi connectivity index (χ4v) is 3.68. The van der Waals surface area contributed by atoms with Gasteiger partial charge in [-0.3, -0.25) is 4.79 Å². The second kappa shape index (κ2) is 7.87. The fraction of sp³-hybridized carbons (Fsp3) is 0.579. The lowest BCUT2D eigenvalue weighted by atomic mass is 9.76. The van der Waals surface area contributed by atoms with Crippen molar-refractivity contribution < 1.29 is 19.1 Å². The third kappa shape index (κ3) is 4.31. The summed E-state index contributed by atoms with van der Waals surface area (Å²) in [4.78, 5) is 25.9. The van der Waals surface area contributed by atoms with Crippen LogP contribution in [0.5, 0.6) is 0 Å². The molecule has 1 N–H and O–H groups in total. The zero-order chi connectivity index (χ0) is 17.7. The highest BCUT2D eigenvalue weighted by atomic mass is 16.6. The molecule has 1 spiro atoms. The number of nitrogens with one attached hydrogen (secondary N) is 1. The van der Waals surface area contributed by atoms with Crippen molar-refractivity contribution >= 4 is 12.1 Å². The minimum atomic E-state index is -0.258. The normalized spacial score (nSPS) is 22.0. The van der Waals surface area contributed by atoms with Crippen LogP contribution in [0.25, 0.3) is 0 Å². The predicted octanol–water partition coefficient (Wildman–Crippen LogP) is 2.33. The van der Waals surface area contributed by atoms with Gasteiger partial charge >= 0.3 is 12.1 Å². The summed E-state index contributed by atoms with van der Waals surface area (Å²) >= 11 is 0. The van der Waals surface area contributed by atoms with Gasteiger partial charge in [-0.25, -0.2) is 4.79 Å². The molecule has 0 radical (unpaired) electrons. The molecule has 2 aliphatic heterocycles. The van der Waals surface area contributed by atoms with E-state index in [0.717, 1.165) is 31.4 Å². The molecule has 0 bridgehead atoms. The van der Waals surface area contributed by atoms with Crippen LogP contribution in [0.3, 0.4) is 0 Å². The number of carbonyl (C=O) groups excluding carboxylic acids is 2.